The first-order chi connectivity index (χ1) is 9.65. The summed E-state index contributed by atoms with van der Waals surface area (Å²) in [6.45, 7) is 7.71. The molecular weight excluding hydrogens is 250 g/mol. The smallest absolute Gasteiger partial charge is 0.222 e. The Kier molecular flexibility index (Phi) is 5.53. The second-order valence-corrected chi connectivity index (χ2v) is 6.03. The summed E-state index contributed by atoms with van der Waals surface area (Å²) in [7, 11) is 0. The molecule has 0 bridgehead atoms. The summed E-state index contributed by atoms with van der Waals surface area (Å²) in [6.07, 6.45) is 3.41. The van der Waals surface area contributed by atoms with Crippen LogP contribution >= 0.6 is 0 Å². The first-order valence-electron chi connectivity index (χ1n) is 7.53. The maximum absolute atomic E-state index is 12.2. The van der Waals surface area contributed by atoms with Gasteiger partial charge in [0.2, 0.25) is 5.91 Å². The summed E-state index contributed by atoms with van der Waals surface area (Å²) >= 11 is 0. The SMILES string of the molecule is CC(C)CC(=O)N1CCNCC(Cc2ccccn2)C1. The highest BCUT2D eigenvalue weighted by Gasteiger charge is 2.22. The number of nitrogens with zero attached hydrogens (tertiary/aromatic N) is 2. The number of carbonyl (C=O) groups excluding carboxylic acids is 1. The number of carbonyl (C=O) groups is 1. The van der Waals surface area contributed by atoms with Crippen molar-refractivity contribution in [1.29, 1.82) is 0 Å². The Hall–Kier alpha value is -1.42. The molecule has 0 aliphatic carbocycles. The fourth-order valence-electron chi connectivity index (χ4n) is 2.64. The Morgan fingerprint density at radius 1 is 1.50 bits per heavy atom. The van der Waals surface area contributed by atoms with Gasteiger partial charge in [-0.1, -0.05) is 19.9 Å². The average Bonchev–Trinajstić information content (AvgIpc) is 2.65. The van der Waals surface area contributed by atoms with Crippen molar-refractivity contribution in [2.45, 2.75) is 26.7 Å². The monoisotopic (exact) mass is 275 g/mol. The first kappa shape index (κ1) is 15.0. The lowest BCUT2D eigenvalue weighted by Gasteiger charge is -2.24. The van der Waals surface area contributed by atoms with E-state index in [0.717, 1.165) is 38.3 Å². The Labute approximate surface area is 121 Å². The van der Waals surface area contributed by atoms with Crippen LogP contribution in [-0.4, -0.2) is 42.0 Å². The fourth-order valence-corrected chi connectivity index (χ4v) is 2.64. The Balaban J connectivity index is 1.94. The van der Waals surface area contributed by atoms with Crippen LogP contribution in [0, 0.1) is 11.8 Å². The van der Waals surface area contributed by atoms with Gasteiger partial charge in [0.1, 0.15) is 0 Å². The van der Waals surface area contributed by atoms with Crippen molar-refractivity contribution < 1.29 is 4.79 Å². The highest BCUT2D eigenvalue weighted by Crippen LogP contribution is 2.12. The van der Waals surface area contributed by atoms with Gasteiger partial charge in [-0.3, -0.25) is 9.78 Å². The molecular formula is C16H25N3O. The van der Waals surface area contributed by atoms with Crippen LogP contribution in [0.1, 0.15) is 26.0 Å². The second kappa shape index (κ2) is 7.39. The molecule has 0 radical (unpaired) electrons. The van der Waals surface area contributed by atoms with Crippen molar-refractivity contribution >= 4 is 5.91 Å². The minimum atomic E-state index is 0.287. The third-order valence-corrected chi connectivity index (χ3v) is 3.63. The van der Waals surface area contributed by atoms with Crippen molar-refractivity contribution in [2.75, 3.05) is 26.2 Å². The molecule has 4 nitrogen and oxygen atoms in total. The van der Waals surface area contributed by atoms with Crippen LogP contribution in [0.4, 0.5) is 0 Å². The highest BCUT2D eigenvalue weighted by molar-refractivity contribution is 5.76. The predicted molar refractivity (Wildman–Crippen MR) is 80.3 cm³/mol. The molecule has 4 heteroatoms. The van der Waals surface area contributed by atoms with E-state index in [-0.39, 0.29) is 5.91 Å². The lowest BCUT2D eigenvalue weighted by atomic mass is 10.0. The van der Waals surface area contributed by atoms with Crippen LogP contribution in [0.5, 0.6) is 0 Å². The summed E-state index contributed by atoms with van der Waals surface area (Å²) in [5, 5.41) is 3.43. The Morgan fingerprint density at radius 3 is 3.05 bits per heavy atom. The van der Waals surface area contributed by atoms with E-state index in [2.05, 4.69) is 30.2 Å². The number of nitrogens with one attached hydrogen (secondary N) is 1. The van der Waals surface area contributed by atoms with Crippen LogP contribution in [0.25, 0.3) is 0 Å². The standard InChI is InChI=1S/C16H25N3O/c1-13(2)9-16(20)19-8-7-17-11-14(12-19)10-15-5-3-4-6-18-15/h3-6,13-14,17H,7-12H2,1-2H3. The maximum Gasteiger partial charge on any atom is 0.222 e. The molecule has 0 spiro atoms. The molecule has 1 N–H and O–H groups in total. The van der Waals surface area contributed by atoms with Gasteiger partial charge in [-0.2, -0.15) is 0 Å². The number of rotatable bonds is 4. The van der Waals surface area contributed by atoms with Crippen molar-refractivity contribution in [3.63, 3.8) is 0 Å². The van der Waals surface area contributed by atoms with Gasteiger partial charge in [-0.05, 0) is 30.4 Å². The van der Waals surface area contributed by atoms with Crippen LogP contribution in [0.3, 0.4) is 0 Å². The molecule has 0 aromatic carbocycles. The Morgan fingerprint density at radius 2 is 2.35 bits per heavy atom. The maximum atomic E-state index is 12.2. The summed E-state index contributed by atoms with van der Waals surface area (Å²) in [6, 6.07) is 6.02. The third-order valence-electron chi connectivity index (χ3n) is 3.63. The number of hydrogen-bond donors (Lipinski definition) is 1. The summed E-state index contributed by atoms with van der Waals surface area (Å²) in [5.74, 6) is 1.16. The largest absolute Gasteiger partial charge is 0.341 e. The summed E-state index contributed by atoms with van der Waals surface area (Å²) in [5.41, 5.74) is 1.11. The van der Waals surface area contributed by atoms with Gasteiger partial charge < -0.3 is 10.2 Å². The van der Waals surface area contributed by atoms with Crippen LogP contribution in [0.2, 0.25) is 0 Å². The van der Waals surface area contributed by atoms with Crippen molar-refractivity contribution in [1.82, 2.24) is 15.2 Å². The van der Waals surface area contributed by atoms with Gasteiger partial charge in [-0.15, -0.1) is 0 Å². The summed E-state index contributed by atoms with van der Waals surface area (Å²) in [4.78, 5) is 18.7. The molecule has 1 amide bonds. The second-order valence-electron chi connectivity index (χ2n) is 6.03. The lowest BCUT2D eigenvalue weighted by molar-refractivity contribution is -0.132. The fraction of sp³-hybridized carbons (Fsp3) is 0.625. The zero-order valence-corrected chi connectivity index (χ0v) is 12.5. The number of pyridine rings is 1. The van der Waals surface area contributed by atoms with Gasteiger partial charge in [-0.25, -0.2) is 0 Å². The van der Waals surface area contributed by atoms with Gasteiger partial charge >= 0.3 is 0 Å². The van der Waals surface area contributed by atoms with E-state index in [9.17, 15) is 4.79 Å². The van der Waals surface area contributed by atoms with E-state index in [4.69, 9.17) is 0 Å². The van der Waals surface area contributed by atoms with Gasteiger partial charge in [0.25, 0.3) is 0 Å². The molecule has 1 aromatic heterocycles. The van der Waals surface area contributed by atoms with Gasteiger partial charge in [0, 0.05) is 44.5 Å². The minimum Gasteiger partial charge on any atom is -0.341 e. The normalized spacial score (nSPS) is 19.9. The molecule has 1 aliphatic heterocycles. The van der Waals surface area contributed by atoms with E-state index in [1.54, 1.807) is 0 Å². The summed E-state index contributed by atoms with van der Waals surface area (Å²) < 4.78 is 0. The molecule has 1 aliphatic rings. The number of aromatic nitrogens is 1. The van der Waals surface area contributed by atoms with Crippen molar-refractivity contribution in [2.24, 2.45) is 11.8 Å². The molecule has 0 saturated carbocycles. The number of hydrogen-bond acceptors (Lipinski definition) is 3. The first-order valence-corrected chi connectivity index (χ1v) is 7.53. The molecule has 1 aromatic rings. The van der Waals surface area contributed by atoms with E-state index in [0.29, 0.717) is 18.3 Å². The quantitative estimate of drug-likeness (QED) is 0.910. The minimum absolute atomic E-state index is 0.287. The molecule has 1 unspecified atom stereocenters. The molecule has 1 atom stereocenters. The van der Waals surface area contributed by atoms with Crippen molar-refractivity contribution in [3.05, 3.63) is 30.1 Å². The molecule has 2 rings (SSSR count). The third kappa shape index (κ3) is 4.60. The molecule has 20 heavy (non-hydrogen) atoms. The van der Waals surface area contributed by atoms with Crippen LogP contribution in [0.15, 0.2) is 24.4 Å². The van der Waals surface area contributed by atoms with E-state index < -0.39 is 0 Å². The van der Waals surface area contributed by atoms with E-state index >= 15 is 0 Å². The zero-order valence-electron chi connectivity index (χ0n) is 12.5. The zero-order chi connectivity index (χ0) is 14.4. The molecule has 1 fully saturated rings. The average molecular weight is 275 g/mol. The number of amides is 1. The van der Waals surface area contributed by atoms with Crippen LogP contribution < -0.4 is 5.32 Å². The van der Waals surface area contributed by atoms with Gasteiger partial charge in [0.15, 0.2) is 0 Å². The van der Waals surface area contributed by atoms with Crippen molar-refractivity contribution in [3.8, 4) is 0 Å². The van der Waals surface area contributed by atoms with E-state index in [1.807, 2.05) is 23.2 Å². The van der Waals surface area contributed by atoms with Crippen LogP contribution in [-0.2, 0) is 11.2 Å². The van der Waals surface area contributed by atoms with E-state index in [1.165, 1.54) is 0 Å². The highest BCUT2D eigenvalue weighted by atomic mass is 16.2. The molecule has 110 valence electrons. The molecule has 1 saturated heterocycles. The Bertz CT molecular complexity index is 419. The topological polar surface area (TPSA) is 45.2 Å². The lowest BCUT2D eigenvalue weighted by Crippen LogP contribution is -2.37. The van der Waals surface area contributed by atoms with Gasteiger partial charge in [0.05, 0.1) is 0 Å². The molecule has 2 heterocycles. The predicted octanol–water partition coefficient (Wildman–Crippen LogP) is 1.72.